The highest BCUT2D eigenvalue weighted by atomic mass is 31.2. The third kappa shape index (κ3) is 7.27. The van der Waals surface area contributed by atoms with Crippen molar-refractivity contribution in [2.45, 2.75) is 44.1 Å². The first-order chi connectivity index (χ1) is 24.8. The number of benzene rings is 3. The van der Waals surface area contributed by atoms with Crippen LogP contribution in [-0.4, -0.2) is 67.8 Å². The largest absolute Gasteiger partial charge is 0.497 e. The van der Waals surface area contributed by atoms with E-state index in [1.807, 2.05) is 30.3 Å². The van der Waals surface area contributed by atoms with Crippen molar-refractivity contribution in [3.63, 3.8) is 0 Å². The molecule has 0 unspecified atom stereocenters. The van der Waals surface area contributed by atoms with Gasteiger partial charge in [-0.3, -0.25) is 29.0 Å². The van der Waals surface area contributed by atoms with Crippen molar-refractivity contribution in [1.82, 2.24) is 19.5 Å². The molecule has 52 heavy (non-hydrogen) atoms. The number of nitrogens with zero attached hydrogens (tertiary/aromatic N) is 3. The van der Waals surface area contributed by atoms with Gasteiger partial charge in [0.15, 0.2) is 23.6 Å². The van der Waals surface area contributed by atoms with Gasteiger partial charge < -0.3 is 28.7 Å². The van der Waals surface area contributed by atoms with Gasteiger partial charge in [0.05, 0.1) is 20.5 Å². The molecule has 3 heterocycles. The van der Waals surface area contributed by atoms with E-state index in [4.69, 9.17) is 18.9 Å². The zero-order valence-corrected chi connectivity index (χ0v) is 29.4. The summed E-state index contributed by atoms with van der Waals surface area (Å²) in [6, 6.07) is 23.2. The summed E-state index contributed by atoms with van der Waals surface area (Å²) in [7, 11) is -1.68. The number of hydrogen-bond acceptors (Lipinski definition) is 9. The van der Waals surface area contributed by atoms with Gasteiger partial charge in [0.1, 0.15) is 29.3 Å². The third-order valence-corrected chi connectivity index (χ3v) is 9.20. The van der Waals surface area contributed by atoms with Crippen LogP contribution in [0.4, 0.5) is 10.3 Å². The van der Waals surface area contributed by atoms with Crippen molar-refractivity contribution in [3.05, 3.63) is 124 Å². The number of amides is 1. The summed E-state index contributed by atoms with van der Waals surface area (Å²) in [6.07, 6.45) is -4.28. The van der Waals surface area contributed by atoms with Crippen molar-refractivity contribution >= 4 is 30.6 Å². The van der Waals surface area contributed by atoms with E-state index >= 15 is 4.39 Å². The normalized spacial score (nSPS) is 19.4. The Labute approximate surface area is 297 Å². The number of alkyl halides is 1. The Balaban J connectivity index is 1.52. The van der Waals surface area contributed by atoms with E-state index in [9.17, 15) is 23.9 Å². The Morgan fingerprint density at radius 2 is 1.58 bits per heavy atom. The fourth-order valence-electron chi connectivity index (χ4n) is 6.02. The first-order valence-corrected chi connectivity index (χ1v) is 17.9. The number of fused-ring (bicyclic) bond motifs is 1. The number of H-pyrrole nitrogens is 1. The fraction of sp³-hybridized carbons (Fsp3) is 0.278. The molecule has 1 amide bonds. The molecule has 1 saturated heterocycles. The molecular weight excluding hydrogens is 696 g/mol. The van der Waals surface area contributed by atoms with Crippen molar-refractivity contribution < 1.29 is 42.5 Å². The van der Waals surface area contributed by atoms with E-state index in [1.165, 1.54) is 25.1 Å². The molecule has 0 saturated carbocycles. The van der Waals surface area contributed by atoms with Gasteiger partial charge in [-0.15, -0.1) is 0 Å². The number of rotatable bonds is 12. The third-order valence-electron chi connectivity index (χ3n) is 8.64. The zero-order valence-electron chi connectivity index (χ0n) is 28.5. The van der Waals surface area contributed by atoms with Gasteiger partial charge in [-0.2, -0.15) is 4.98 Å². The lowest BCUT2D eigenvalue weighted by molar-refractivity contribution is -0.118. The van der Waals surface area contributed by atoms with Gasteiger partial charge in [-0.05, 0) is 47.0 Å². The van der Waals surface area contributed by atoms with Crippen molar-refractivity contribution in [2.75, 3.05) is 19.5 Å². The van der Waals surface area contributed by atoms with Gasteiger partial charge >= 0.3 is 7.60 Å². The molecule has 3 aromatic carbocycles. The minimum absolute atomic E-state index is 0.103. The van der Waals surface area contributed by atoms with Gasteiger partial charge in [0, 0.05) is 11.7 Å². The number of aromatic amines is 1. The van der Waals surface area contributed by atoms with Crippen LogP contribution in [0.1, 0.15) is 36.8 Å². The maximum atomic E-state index is 17.3. The molecule has 0 bridgehead atoms. The van der Waals surface area contributed by atoms with E-state index in [1.54, 1.807) is 62.4 Å². The van der Waals surface area contributed by atoms with E-state index in [-0.39, 0.29) is 17.1 Å². The number of imidazole rings is 1. The predicted octanol–water partition coefficient (Wildman–Crippen LogP) is 5.04. The highest BCUT2D eigenvalue weighted by Crippen LogP contribution is 2.47. The van der Waals surface area contributed by atoms with Crippen LogP contribution in [-0.2, 0) is 24.4 Å². The maximum Gasteiger partial charge on any atom is 0.348 e. The Morgan fingerprint density at radius 1 is 1.00 bits per heavy atom. The predicted molar refractivity (Wildman–Crippen MR) is 189 cm³/mol. The van der Waals surface area contributed by atoms with Crippen LogP contribution in [0.2, 0.25) is 0 Å². The van der Waals surface area contributed by atoms with Crippen LogP contribution in [0.5, 0.6) is 11.5 Å². The van der Waals surface area contributed by atoms with E-state index in [2.05, 4.69) is 20.3 Å². The van der Waals surface area contributed by atoms with Crippen LogP contribution in [0.3, 0.4) is 0 Å². The standard InChI is InChI=1S/C36H37FN5O9P/c1-21(2)32(43)40-35-39-31-29(33(44)41-35)38-20-42(31)34-28(37)30(27(50-34)18-19-52(45,46)47)51-36(22-8-6-5-7-9-22,23-10-14-25(48-3)15-11-23)24-12-16-26(49-4)17-13-24/h5-21,27-28,30,34H,1-4H3,(H2,45,46,47)(H2,39,40,41,43,44)/b19-18+/t27-,28-,30-,34-/m1/s1. The van der Waals surface area contributed by atoms with E-state index < -0.39 is 55.2 Å². The van der Waals surface area contributed by atoms with Crippen molar-refractivity contribution in [2.24, 2.45) is 5.92 Å². The molecule has 1 aliphatic heterocycles. The molecule has 2 aromatic heterocycles. The number of anilines is 1. The lowest BCUT2D eigenvalue weighted by Crippen LogP contribution is -2.42. The van der Waals surface area contributed by atoms with E-state index in [0.29, 0.717) is 34.0 Å². The minimum atomic E-state index is -4.75. The molecule has 0 radical (unpaired) electrons. The highest BCUT2D eigenvalue weighted by Gasteiger charge is 2.52. The molecule has 272 valence electrons. The molecule has 1 aliphatic rings. The Hall–Kier alpha value is -5.18. The Bertz CT molecular complexity index is 2120. The summed E-state index contributed by atoms with van der Waals surface area (Å²) in [5.41, 5.74) is -0.736. The van der Waals surface area contributed by atoms with Crippen molar-refractivity contribution in [1.29, 1.82) is 0 Å². The zero-order chi connectivity index (χ0) is 37.2. The molecule has 6 rings (SSSR count). The van der Waals surface area contributed by atoms with Crippen LogP contribution in [0.15, 0.2) is 102 Å². The lowest BCUT2D eigenvalue weighted by Gasteiger charge is -2.39. The van der Waals surface area contributed by atoms with Crippen LogP contribution in [0.25, 0.3) is 11.2 Å². The second kappa shape index (κ2) is 14.8. The van der Waals surface area contributed by atoms with E-state index in [0.717, 1.165) is 6.08 Å². The molecule has 0 aliphatic carbocycles. The molecule has 14 nitrogen and oxygen atoms in total. The van der Waals surface area contributed by atoms with Crippen LogP contribution >= 0.6 is 7.60 Å². The van der Waals surface area contributed by atoms with Crippen LogP contribution < -0.4 is 20.3 Å². The summed E-state index contributed by atoms with van der Waals surface area (Å²) in [6.45, 7) is 3.32. The number of hydrogen-bond donors (Lipinski definition) is 4. The number of carbonyl (C=O) groups excluding carboxylic acids is 1. The number of ether oxygens (including phenoxy) is 4. The minimum Gasteiger partial charge on any atom is -0.497 e. The summed E-state index contributed by atoms with van der Waals surface area (Å²) < 4.78 is 54.5. The van der Waals surface area contributed by atoms with Crippen molar-refractivity contribution in [3.8, 4) is 11.5 Å². The topological polar surface area (TPSA) is 187 Å². The molecule has 1 fully saturated rings. The second-order valence-electron chi connectivity index (χ2n) is 12.3. The maximum absolute atomic E-state index is 17.3. The Kier molecular flexibility index (Phi) is 10.4. The monoisotopic (exact) mass is 733 g/mol. The first-order valence-electron chi connectivity index (χ1n) is 16.2. The number of methoxy groups -OCH3 is 2. The van der Waals surface area contributed by atoms with Gasteiger partial charge in [0.2, 0.25) is 11.9 Å². The summed E-state index contributed by atoms with van der Waals surface area (Å²) in [5, 5.41) is 2.53. The highest BCUT2D eigenvalue weighted by molar-refractivity contribution is 7.55. The summed E-state index contributed by atoms with van der Waals surface area (Å²) in [4.78, 5) is 55.8. The molecule has 4 atom stereocenters. The SMILES string of the molecule is COc1ccc(C(O[C@H]2[C@@H](F)[C@H](n3cnc4c(=O)[nH]c(NC(=O)C(C)C)nc43)O[C@@H]2/C=C/P(=O)(O)O)(c2ccccc2)c2ccc(OC)cc2)cc1. The van der Waals surface area contributed by atoms with Crippen LogP contribution in [0, 0.1) is 5.92 Å². The molecule has 16 heteroatoms. The number of halogens is 1. The lowest BCUT2D eigenvalue weighted by atomic mass is 9.79. The number of carbonyl (C=O) groups is 1. The average Bonchev–Trinajstić information content (AvgIpc) is 3.70. The number of aromatic nitrogens is 4. The molecule has 5 aromatic rings. The number of nitrogens with one attached hydrogen (secondary N) is 2. The quantitative estimate of drug-likeness (QED) is 0.0995. The average molecular weight is 734 g/mol. The van der Waals surface area contributed by atoms with Gasteiger partial charge in [-0.25, -0.2) is 9.37 Å². The Morgan fingerprint density at radius 3 is 2.12 bits per heavy atom. The second-order valence-corrected chi connectivity index (χ2v) is 13.8. The molecular formula is C36H37FN5O9P. The first kappa shape index (κ1) is 36.6. The summed E-state index contributed by atoms with van der Waals surface area (Å²) >= 11 is 0. The molecule has 0 spiro atoms. The van der Waals surface area contributed by atoms with Gasteiger partial charge in [-0.1, -0.05) is 68.4 Å². The van der Waals surface area contributed by atoms with Gasteiger partial charge in [0.25, 0.3) is 5.56 Å². The summed E-state index contributed by atoms with van der Waals surface area (Å²) in [5.74, 6) is 0.726. The smallest absolute Gasteiger partial charge is 0.348 e. The fourth-order valence-corrected chi connectivity index (χ4v) is 6.42. The molecule has 4 N–H and O–H groups in total.